The summed E-state index contributed by atoms with van der Waals surface area (Å²) < 4.78 is 31.9. The molecule has 2 saturated carbocycles. The second-order valence-electron chi connectivity index (χ2n) is 9.22. The number of methoxy groups -OCH3 is 1. The van der Waals surface area contributed by atoms with E-state index in [9.17, 15) is 18.4 Å². The fraction of sp³-hybridized carbons (Fsp3) is 0.542. The molecule has 0 aromatic carbocycles. The Kier molecular flexibility index (Phi) is 7.80. The van der Waals surface area contributed by atoms with Gasteiger partial charge >= 0.3 is 0 Å². The number of amides is 2. The van der Waals surface area contributed by atoms with Crippen LogP contribution in [0.2, 0.25) is 5.02 Å². The molecule has 2 aliphatic carbocycles. The normalized spacial score (nSPS) is 20.7. The summed E-state index contributed by atoms with van der Waals surface area (Å²) >= 11 is 7.34. The van der Waals surface area contributed by atoms with Gasteiger partial charge in [0.05, 0.1) is 34.8 Å². The van der Waals surface area contributed by atoms with Gasteiger partial charge in [0.1, 0.15) is 6.04 Å². The second-order valence-corrected chi connectivity index (χ2v) is 10.8. The maximum Gasteiger partial charge on any atom is 0.270 e. The molecular weight excluding hydrogens is 498 g/mol. The Labute approximate surface area is 212 Å². The van der Waals surface area contributed by atoms with E-state index in [1.807, 2.05) is 13.0 Å². The highest BCUT2D eigenvalue weighted by Gasteiger charge is 2.58. The number of nitrogens with one attached hydrogen (secondary N) is 3. The fourth-order valence-corrected chi connectivity index (χ4v) is 5.46. The molecule has 0 saturated heterocycles. The molecule has 2 aliphatic rings. The number of aromatic nitrogens is 1. The van der Waals surface area contributed by atoms with Gasteiger partial charge in [-0.3, -0.25) is 9.59 Å². The van der Waals surface area contributed by atoms with Gasteiger partial charge in [0.15, 0.2) is 0 Å². The number of halogens is 3. The Hall–Kier alpha value is -2.46. The Bertz CT molecular complexity index is 1080. The average molecular weight is 527 g/mol. The van der Waals surface area contributed by atoms with Crippen molar-refractivity contribution in [3.8, 4) is 5.88 Å². The van der Waals surface area contributed by atoms with Crippen molar-refractivity contribution in [2.24, 2.45) is 5.92 Å². The van der Waals surface area contributed by atoms with Crippen LogP contribution in [0.4, 0.5) is 14.5 Å². The van der Waals surface area contributed by atoms with Crippen molar-refractivity contribution in [3.63, 3.8) is 0 Å². The molecule has 11 heteroatoms. The summed E-state index contributed by atoms with van der Waals surface area (Å²) in [6.45, 7) is 1.93. The number of carbonyl (C=O) groups is 2. The maximum absolute atomic E-state index is 13.3. The lowest BCUT2D eigenvalue weighted by Crippen LogP contribution is -2.48. The van der Waals surface area contributed by atoms with Crippen LogP contribution in [-0.2, 0) is 4.79 Å². The highest BCUT2D eigenvalue weighted by atomic mass is 35.5. The maximum atomic E-state index is 13.3. The number of ether oxygens (including phenoxy) is 1. The van der Waals surface area contributed by atoms with E-state index in [0.29, 0.717) is 33.8 Å². The van der Waals surface area contributed by atoms with Crippen molar-refractivity contribution in [2.75, 3.05) is 12.4 Å². The van der Waals surface area contributed by atoms with Crippen LogP contribution in [0, 0.1) is 5.92 Å². The first-order chi connectivity index (χ1) is 16.7. The molecule has 3 N–H and O–H groups in total. The summed E-state index contributed by atoms with van der Waals surface area (Å²) in [7, 11) is 1.52. The van der Waals surface area contributed by atoms with E-state index in [1.165, 1.54) is 24.6 Å². The van der Waals surface area contributed by atoms with E-state index in [-0.39, 0.29) is 12.5 Å². The number of hydrogen-bond donors (Lipinski definition) is 3. The largest absolute Gasteiger partial charge is 0.480 e. The first kappa shape index (κ1) is 25.6. The predicted octanol–water partition coefficient (Wildman–Crippen LogP) is 5.18. The Morgan fingerprint density at radius 2 is 2.03 bits per heavy atom. The van der Waals surface area contributed by atoms with Gasteiger partial charge in [-0.25, -0.2) is 13.8 Å². The van der Waals surface area contributed by atoms with Crippen LogP contribution in [0.5, 0.6) is 5.88 Å². The van der Waals surface area contributed by atoms with Crippen molar-refractivity contribution in [1.29, 1.82) is 0 Å². The van der Waals surface area contributed by atoms with Crippen molar-refractivity contribution < 1.29 is 23.1 Å². The van der Waals surface area contributed by atoms with Crippen LogP contribution in [-0.4, -0.2) is 41.9 Å². The van der Waals surface area contributed by atoms with Crippen molar-refractivity contribution in [3.05, 3.63) is 39.2 Å². The molecule has 2 aromatic heterocycles. The monoisotopic (exact) mass is 526 g/mol. The number of thiophene rings is 1. The summed E-state index contributed by atoms with van der Waals surface area (Å²) in [5.74, 6) is -3.09. The van der Waals surface area contributed by atoms with E-state index in [1.54, 1.807) is 12.1 Å². The summed E-state index contributed by atoms with van der Waals surface area (Å²) in [4.78, 5) is 31.2. The molecule has 0 bridgehead atoms. The van der Waals surface area contributed by atoms with Crippen molar-refractivity contribution in [2.45, 2.75) is 69.5 Å². The van der Waals surface area contributed by atoms with E-state index in [2.05, 4.69) is 20.9 Å². The minimum atomic E-state index is -2.86. The molecule has 190 valence electrons. The van der Waals surface area contributed by atoms with Gasteiger partial charge < -0.3 is 20.7 Å². The average Bonchev–Trinajstić information content (AvgIpc) is 3.25. The minimum absolute atomic E-state index is 0.176. The van der Waals surface area contributed by atoms with Gasteiger partial charge in [-0.15, -0.1) is 11.3 Å². The van der Waals surface area contributed by atoms with E-state index in [4.69, 9.17) is 16.3 Å². The molecule has 3 atom stereocenters. The van der Waals surface area contributed by atoms with Gasteiger partial charge in [0.2, 0.25) is 11.8 Å². The SMILES string of the molecule is COc1ncc(Cl)cc1N[C@H](C)c1ccc(C(=O)N[C@@H](CC2CCCC2)C(=O)N[C@H]2CC2(F)F)s1. The number of alkyl halides is 2. The molecule has 0 radical (unpaired) electrons. The number of anilines is 1. The van der Waals surface area contributed by atoms with Crippen molar-refractivity contribution >= 4 is 40.4 Å². The molecule has 0 unspecified atom stereocenters. The van der Waals surface area contributed by atoms with Gasteiger partial charge in [0, 0.05) is 17.5 Å². The lowest BCUT2D eigenvalue weighted by molar-refractivity contribution is -0.124. The smallest absolute Gasteiger partial charge is 0.270 e. The molecule has 4 rings (SSSR count). The van der Waals surface area contributed by atoms with E-state index >= 15 is 0 Å². The molecule has 7 nitrogen and oxygen atoms in total. The molecule has 0 spiro atoms. The second kappa shape index (κ2) is 10.7. The molecule has 2 fully saturated rings. The number of carbonyl (C=O) groups excluding carboxylic acids is 2. The summed E-state index contributed by atoms with van der Waals surface area (Å²) in [5, 5.41) is 8.94. The summed E-state index contributed by atoms with van der Waals surface area (Å²) in [6, 6.07) is 3.08. The standard InChI is InChI=1S/C24H29ClF2N4O3S/c1-13(29-17-10-15(25)12-28-23(17)34-2)18-7-8-19(35-18)22(33)30-16(9-14-5-3-4-6-14)21(32)31-20-11-24(20,26)27/h7-8,10,12-14,16,20,29H,3-6,9,11H2,1-2H3,(H,30,33)(H,31,32)/t13-,16+,20+/m1/s1. The van der Waals surface area contributed by atoms with Crippen LogP contribution in [0.15, 0.2) is 24.4 Å². The van der Waals surface area contributed by atoms with Crippen LogP contribution >= 0.6 is 22.9 Å². The van der Waals surface area contributed by atoms with Gasteiger partial charge in [-0.1, -0.05) is 37.3 Å². The van der Waals surface area contributed by atoms with Gasteiger partial charge in [-0.2, -0.15) is 0 Å². The highest BCUT2D eigenvalue weighted by molar-refractivity contribution is 7.14. The van der Waals surface area contributed by atoms with Crippen molar-refractivity contribution in [1.82, 2.24) is 15.6 Å². The number of rotatable bonds is 10. The summed E-state index contributed by atoms with van der Waals surface area (Å²) in [5.41, 5.74) is 0.622. The first-order valence-corrected chi connectivity index (χ1v) is 12.9. The molecular formula is C24H29ClF2N4O3S. The van der Waals surface area contributed by atoms with Crippen LogP contribution in [0.25, 0.3) is 0 Å². The van der Waals surface area contributed by atoms with Gasteiger partial charge in [0.25, 0.3) is 11.8 Å². The zero-order chi connectivity index (χ0) is 25.2. The molecule has 2 amide bonds. The Balaban J connectivity index is 1.41. The number of pyridine rings is 1. The molecule has 2 heterocycles. The topological polar surface area (TPSA) is 92.3 Å². The number of nitrogens with zero attached hydrogens (tertiary/aromatic N) is 1. The Morgan fingerprint density at radius 3 is 2.69 bits per heavy atom. The van der Waals surface area contributed by atoms with Crippen LogP contribution in [0.1, 0.15) is 66.0 Å². The third kappa shape index (κ3) is 6.41. The lowest BCUT2D eigenvalue weighted by Gasteiger charge is -2.21. The fourth-order valence-electron chi connectivity index (χ4n) is 4.39. The quantitative estimate of drug-likeness (QED) is 0.397. The van der Waals surface area contributed by atoms with E-state index < -0.39 is 29.8 Å². The molecule has 2 aromatic rings. The molecule has 35 heavy (non-hydrogen) atoms. The predicted molar refractivity (Wildman–Crippen MR) is 131 cm³/mol. The number of hydrogen-bond acceptors (Lipinski definition) is 6. The summed E-state index contributed by atoms with van der Waals surface area (Å²) in [6.07, 6.45) is 5.72. The zero-order valence-corrected chi connectivity index (χ0v) is 21.1. The van der Waals surface area contributed by atoms with Crippen LogP contribution in [0.3, 0.4) is 0 Å². The lowest BCUT2D eigenvalue weighted by atomic mass is 9.97. The van der Waals surface area contributed by atoms with Gasteiger partial charge in [-0.05, 0) is 37.5 Å². The third-order valence-electron chi connectivity index (χ3n) is 6.47. The third-order valence-corrected chi connectivity index (χ3v) is 7.94. The minimum Gasteiger partial charge on any atom is -0.480 e. The van der Waals surface area contributed by atoms with E-state index in [0.717, 1.165) is 30.6 Å². The molecule has 0 aliphatic heterocycles. The highest BCUT2D eigenvalue weighted by Crippen LogP contribution is 2.41. The zero-order valence-electron chi connectivity index (χ0n) is 19.6. The Morgan fingerprint density at radius 1 is 1.31 bits per heavy atom. The van der Waals surface area contributed by atoms with Crippen LogP contribution < -0.4 is 20.7 Å². The first-order valence-electron chi connectivity index (χ1n) is 11.7.